The van der Waals surface area contributed by atoms with E-state index >= 15 is 0 Å². The molecule has 37 heavy (non-hydrogen) atoms. The molecule has 2 N–H and O–H groups in total. The van der Waals surface area contributed by atoms with E-state index in [0.717, 1.165) is 19.1 Å². The molecule has 2 amide bonds. The van der Waals surface area contributed by atoms with Gasteiger partial charge in [-0.1, -0.05) is 18.2 Å². The number of nitrogens with zero attached hydrogens (tertiary/aromatic N) is 2. The van der Waals surface area contributed by atoms with Crippen LogP contribution in [-0.2, 0) is 25.4 Å². The molecule has 0 heterocycles. The number of amides is 2. The summed E-state index contributed by atoms with van der Waals surface area (Å²) < 4.78 is 39.6. The number of carbonyl (C=O) groups excluding carboxylic acids is 3. The molecule has 0 aliphatic rings. The van der Waals surface area contributed by atoms with E-state index in [9.17, 15) is 37.5 Å². The number of anilines is 1. The van der Waals surface area contributed by atoms with Gasteiger partial charge < -0.3 is 15.3 Å². The minimum absolute atomic E-state index is 0.131. The normalized spacial score (nSPS) is 13.5. The van der Waals surface area contributed by atoms with Crippen LogP contribution in [0.5, 0.6) is 0 Å². The Balaban J connectivity index is 2.71. The molecule has 2 rings (SSSR count). The van der Waals surface area contributed by atoms with Crippen molar-refractivity contribution in [2.24, 2.45) is 11.8 Å². The maximum Gasteiger partial charge on any atom is 0.416 e. The second-order valence-corrected chi connectivity index (χ2v) is 8.24. The van der Waals surface area contributed by atoms with Crippen LogP contribution in [0, 0.1) is 23.2 Å². The summed E-state index contributed by atoms with van der Waals surface area (Å²) in [5, 5.41) is 21.3. The molecule has 0 fully saturated rings. The summed E-state index contributed by atoms with van der Waals surface area (Å²) in [7, 11) is 0. The molecule has 8 nitrogen and oxygen atoms in total. The lowest BCUT2D eigenvalue weighted by Crippen LogP contribution is -2.47. The molecule has 0 bridgehead atoms. The monoisotopic (exact) mass is 517 g/mol. The number of alkyl halides is 3. The van der Waals surface area contributed by atoms with E-state index in [-0.39, 0.29) is 29.9 Å². The summed E-state index contributed by atoms with van der Waals surface area (Å²) in [4.78, 5) is 53.1. The summed E-state index contributed by atoms with van der Waals surface area (Å²) >= 11 is 0. The van der Waals surface area contributed by atoms with Crippen molar-refractivity contribution < 1.29 is 37.5 Å². The van der Waals surface area contributed by atoms with Crippen molar-refractivity contribution in [3.63, 3.8) is 0 Å². The highest BCUT2D eigenvalue weighted by Gasteiger charge is 2.46. The van der Waals surface area contributed by atoms with Crippen LogP contribution in [0.15, 0.2) is 48.5 Å². The molecule has 196 valence electrons. The number of carbonyl (C=O) groups is 4. The van der Waals surface area contributed by atoms with Crippen LogP contribution < -0.4 is 5.32 Å². The number of halogens is 3. The average Bonchev–Trinajstić information content (AvgIpc) is 2.83. The van der Waals surface area contributed by atoms with Crippen molar-refractivity contribution in [3.8, 4) is 6.07 Å². The summed E-state index contributed by atoms with van der Waals surface area (Å²) in [6.07, 6.45) is -4.69. The van der Waals surface area contributed by atoms with E-state index in [1.807, 2.05) is 6.07 Å². The van der Waals surface area contributed by atoms with Crippen molar-refractivity contribution in [1.29, 1.82) is 5.26 Å². The molecule has 0 aliphatic carbocycles. The van der Waals surface area contributed by atoms with Gasteiger partial charge in [0.2, 0.25) is 11.8 Å². The lowest BCUT2D eigenvalue weighted by atomic mass is 9.73. The highest BCUT2D eigenvalue weighted by molar-refractivity contribution is 6.09. The Labute approximate surface area is 211 Å². The van der Waals surface area contributed by atoms with E-state index in [1.165, 1.54) is 35.2 Å². The number of hydrogen-bond acceptors (Lipinski definition) is 5. The molecule has 0 aromatic heterocycles. The number of nitrogens with one attached hydrogen (secondary N) is 1. The molecule has 11 heteroatoms. The van der Waals surface area contributed by atoms with Gasteiger partial charge in [0, 0.05) is 24.7 Å². The first kappa shape index (κ1) is 29.0. The average molecular weight is 518 g/mol. The van der Waals surface area contributed by atoms with Gasteiger partial charge in [0.25, 0.3) is 0 Å². The topological polar surface area (TPSA) is 128 Å². The molecular weight excluding hydrogens is 491 g/mol. The third kappa shape index (κ3) is 6.94. The van der Waals surface area contributed by atoms with Gasteiger partial charge in [-0.3, -0.25) is 19.2 Å². The SMILES string of the molecule is CCN(CC)C(=O)C(C(=O)Nc1cccc(C(F)(F)F)c1)C(c1ccc(C#N)cc1)C(C(C)=O)C(=O)O. The van der Waals surface area contributed by atoms with E-state index < -0.39 is 53.1 Å². The first-order chi connectivity index (χ1) is 17.3. The Hall–Kier alpha value is -4.20. The van der Waals surface area contributed by atoms with Gasteiger partial charge in [0.1, 0.15) is 17.6 Å². The second kappa shape index (κ2) is 12.2. The summed E-state index contributed by atoms with van der Waals surface area (Å²) in [5.74, 6) is -9.40. The first-order valence-corrected chi connectivity index (χ1v) is 11.4. The maximum atomic E-state index is 13.6. The predicted octanol–water partition coefficient (Wildman–Crippen LogP) is 4.07. The number of rotatable bonds is 10. The third-order valence-electron chi connectivity index (χ3n) is 5.93. The number of benzene rings is 2. The van der Waals surface area contributed by atoms with Gasteiger partial charge in [0.05, 0.1) is 17.2 Å². The van der Waals surface area contributed by atoms with Gasteiger partial charge in [0.15, 0.2) is 0 Å². The van der Waals surface area contributed by atoms with Crippen LogP contribution in [0.1, 0.15) is 43.4 Å². The quantitative estimate of drug-likeness (QED) is 0.458. The molecule has 2 aromatic carbocycles. The van der Waals surface area contributed by atoms with Gasteiger partial charge >= 0.3 is 12.1 Å². The summed E-state index contributed by atoms with van der Waals surface area (Å²) in [5.41, 5.74) is -0.943. The predicted molar refractivity (Wildman–Crippen MR) is 127 cm³/mol. The van der Waals surface area contributed by atoms with E-state index in [0.29, 0.717) is 6.07 Å². The molecule has 0 saturated heterocycles. The van der Waals surface area contributed by atoms with Crippen molar-refractivity contribution in [3.05, 3.63) is 65.2 Å². The van der Waals surface area contributed by atoms with Crippen LogP contribution in [0.3, 0.4) is 0 Å². The minimum atomic E-state index is -4.69. The smallest absolute Gasteiger partial charge is 0.416 e. The zero-order chi connectivity index (χ0) is 27.9. The summed E-state index contributed by atoms with van der Waals surface area (Å²) in [6.45, 7) is 4.60. The van der Waals surface area contributed by atoms with Crippen molar-refractivity contribution >= 4 is 29.3 Å². The molecule has 2 aromatic rings. The first-order valence-electron chi connectivity index (χ1n) is 11.4. The molecule has 0 saturated carbocycles. The third-order valence-corrected chi connectivity index (χ3v) is 5.93. The Morgan fingerprint density at radius 3 is 2.08 bits per heavy atom. The Morgan fingerprint density at radius 2 is 1.62 bits per heavy atom. The van der Waals surface area contributed by atoms with E-state index in [1.54, 1.807) is 13.8 Å². The molecular formula is C26H26F3N3O5. The van der Waals surface area contributed by atoms with Crippen LogP contribution in [0.25, 0.3) is 0 Å². The highest BCUT2D eigenvalue weighted by atomic mass is 19.4. The Morgan fingerprint density at radius 1 is 1.03 bits per heavy atom. The van der Waals surface area contributed by atoms with Gasteiger partial charge in [-0.2, -0.15) is 18.4 Å². The van der Waals surface area contributed by atoms with Gasteiger partial charge in [-0.15, -0.1) is 0 Å². The fourth-order valence-electron chi connectivity index (χ4n) is 4.09. The standard InChI is InChI=1S/C26H26F3N3O5/c1-4-32(5-2)24(35)22(23(34)31-19-8-6-7-18(13-19)26(27,28)29)21(20(15(3)33)25(36)37)17-11-9-16(14-30)10-12-17/h6-13,20-22H,4-5H2,1-3H3,(H,31,34)(H,36,37). The lowest BCUT2D eigenvalue weighted by Gasteiger charge is -2.33. The highest BCUT2D eigenvalue weighted by Crippen LogP contribution is 2.37. The van der Waals surface area contributed by atoms with Gasteiger partial charge in [-0.25, -0.2) is 0 Å². The maximum absolute atomic E-state index is 13.6. The number of carboxylic acid groups (broad SMARTS) is 1. The molecule has 0 radical (unpaired) electrons. The number of ketones is 1. The lowest BCUT2D eigenvalue weighted by molar-refractivity contribution is -0.149. The fourth-order valence-corrected chi connectivity index (χ4v) is 4.09. The van der Waals surface area contributed by atoms with E-state index in [4.69, 9.17) is 5.26 Å². The van der Waals surface area contributed by atoms with Crippen LogP contribution in [0.2, 0.25) is 0 Å². The van der Waals surface area contributed by atoms with Crippen molar-refractivity contribution in [2.75, 3.05) is 18.4 Å². The number of carboxylic acids is 1. The van der Waals surface area contributed by atoms with Crippen molar-refractivity contribution in [1.82, 2.24) is 4.90 Å². The molecule has 0 aliphatic heterocycles. The zero-order valence-corrected chi connectivity index (χ0v) is 20.4. The van der Waals surface area contributed by atoms with Crippen LogP contribution in [-0.4, -0.2) is 46.7 Å². The molecule has 3 atom stereocenters. The summed E-state index contributed by atoms with van der Waals surface area (Å²) in [6, 6.07) is 11.1. The number of aliphatic carboxylic acids is 1. The van der Waals surface area contributed by atoms with E-state index in [2.05, 4.69) is 5.32 Å². The van der Waals surface area contributed by atoms with Crippen LogP contribution >= 0.6 is 0 Å². The number of Topliss-reactive ketones (excluding diaryl/α,β-unsaturated/α-hetero) is 1. The molecule has 3 unspecified atom stereocenters. The second-order valence-electron chi connectivity index (χ2n) is 8.24. The number of nitriles is 1. The van der Waals surface area contributed by atoms with Crippen LogP contribution in [0.4, 0.5) is 18.9 Å². The Kier molecular flexibility index (Phi) is 9.54. The zero-order valence-electron chi connectivity index (χ0n) is 20.4. The fraction of sp³-hybridized carbons (Fsp3) is 0.346. The van der Waals surface area contributed by atoms with Crippen molar-refractivity contribution in [2.45, 2.75) is 32.9 Å². The van der Waals surface area contributed by atoms with Gasteiger partial charge in [-0.05, 0) is 56.7 Å². The number of hydrogen-bond donors (Lipinski definition) is 2. The minimum Gasteiger partial charge on any atom is -0.481 e. The Bertz CT molecular complexity index is 1190. The molecule has 0 spiro atoms. The largest absolute Gasteiger partial charge is 0.481 e.